The summed E-state index contributed by atoms with van der Waals surface area (Å²) >= 11 is 1.09. The van der Waals surface area contributed by atoms with Gasteiger partial charge in [0.05, 0.1) is 0 Å². The van der Waals surface area contributed by atoms with E-state index in [0.717, 1.165) is 11.8 Å². The number of carboxylic acid groups (broad SMARTS) is 1. The summed E-state index contributed by atoms with van der Waals surface area (Å²) in [6.07, 6.45) is -0.906. The van der Waals surface area contributed by atoms with Gasteiger partial charge < -0.3 is 14.9 Å². The molecule has 2 N–H and O–H groups in total. The first-order valence-electron chi connectivity index (χ1n) is 2.38. The summed E-state index contributed by atoms with van der Waals surface area (Å²) in [6.45, 7) is 0. The Morgan fingerprint density at radius 1 is 1.78 bits per heavy atom. The quantitative estimate of drug-likeness (QED) is 0.526. The van der Waals surface area contributed by atoms with E-state index in [2.05, 4.69) is 4.74 Å². The van der Waals surface area contributed by atoms with Crippen molar-refractivity contribution in [3.63, 3.8) is 0 Å². The monoisotopic (exact) mass is 150 g/mol. The van der Waals surface area contributed by atoms with Crippen LogP contribution in [0.2, 0.25) is 0 Å². The average molecular weight is 150 g/mol. The Kier molecular flexibility index (Phi) is 1.94. The smallest absolute Gasteiger partial charge is 0.343 e. The standard InChI is InChI=1S/C4H6O4S/c5-2-1-9-4(8-2)3(6)7/h2,4-5H,1H2,(H,6,7)/t2-,4+/m1/s1. The molecule has 0 saturated carbocycles. The van der Waals surface area contributed by atoms with E-state index in [4.69, 9.17) is 10.2 Å². The maximum atomic E-state index is 10.1. The van der Waals surface area contributed by atoms with Crippen LogP contribution in [0.5, 0.6) is 0 Å². The summed E-state index contributed by atoms with van der Waals surface area (Å²) < 4.78 is 4.54. The van der Waals surface area contributed by atoms with Crippen molar-refractivity contribution in [3.05, 3.63) is 0 Å². The molecular formula is C4H6O4S. The van der Waals surface area contributed by atoms with Gasteiger partial charge in [-0.3, -0.25) is 0 Å². The second-order valence-electron chi connectivity index (χ2n) is 1.59. The van der Waals surface area contributed by atoms with E-state index in [9.17, 15) is 4.79 Å². The molecular weight excluding hydrogens is 144 g/mol. The molecule has 4 nitrogen and oxygen atoms in total. The van der Waals surface area contributed by atoms with E-state index in [0.29, 0.717) is 5.75 Å². The van der Waals surface area contributed by atoms with Crippen LogP contribution in [-0.2, 0) is 9.53 Å². The molecule has 1 rings (SSSR count). The van der Waals surface area contributed by atoms with Crippen molar-refractivity contribution in [2.45, 2.75) is 11.7 Å². The van der Waals surface area contributed by atoms with Crippen LogP contribution in [0.4, 0.5) is 0 Å². The van der Waals surface area contributed by atoms with E-state index in [1.165, 1.54) is 0 Å². The van der Waals surface area contributed by atoms with Gasteiger partial charge in [-0.15, -0.1) is 11.8 Å². The lowest BCUT2D eigenvalue weighted by atomic mass is 10.7. The molecule has 52 valence electrons. The number of hydrogen-bond donors (Lipinski definition) is 2. The molecule has 0 spiro atoms. The van der Waals surface area contributed by atoms with Crippen LogP contribution in [0.1, 0.15) is 0 Å². The van der Waals surface area contributed by atoms with Gasteiger partial charge in [0.15, 0.2) is 6.29 Å². The van der Waals surface area contributed by atoms with Gasteiger partial charge in [-0.25, -0.2) is 4.79 Å². The summed E-state index contributed by atoms with van der Waals surface area (Å²) in [7, 11) is 0. The number of aliphatic hydroxyl groups is 1. The Balaban J connectivity index is 2.39. The third-order valence-electron chi connectivity index (χ3n) is 0.872. The summed E-state index contributed by atoms with van der Waals surface area (Å²) in [5, 5.41) is 16.9. The molecule has 0 aliphatic carbocycles. The molecule has 1 saturated heterocycles. The van der Waals surface area contributed by atoms with Gasteiger partial charge in [-0.2, -0.15) is 0 Å². The van der Waals surface area contributed by atoms with Crippen molar-refractivity contribution in [2.75, 3.05) is 5.75 Å². The minimum Gasteiger partial charge on any atom is -0.479 e. The number of rotatable bonds is 1. The number of carbonyl (C=O) groups is 1. The normalized spacial score (nSPS) is 34.8. The second-order valence-corrected chi connectivity index (χ2v) is 2.69. The fourth-order valence-corrected chi connectivity index (χ4v) is 1.29. The zero-order chi connectivity index (χ0) is 6.85. The van der Waals surface area contributed by atoms with Crippen molar-refractivity contribution < 1.29 is 19.7 Å². The predicted molar refractivity (Wildman–Crippen MR) is 31.0 cm³/mol. The maximum absolute atomic E-state index is 10.1. The Labute approximate surface area is 55.8 Å². The van der Waals surface area contributed by atoms with Gasteiger partial charge in [0.2, 0.25) is 5.44 Å². The summed E-state index contributed by atoms with van der Waals surface area (Å²) in [5.74, 6) is -0.687. The number of ether oxygens (including phenoxy) is 1. The summed E-state index contributed by atoms with van der Waals surface area (Å²) in [4.78, 5) is 10.1. The van der Waals surface area contributed by atoms with Crippen LogP contribution >= 0.6 is 11.8 Å². The van der Waals surface area contributed by atoms with Crippen LogP contribution in [0.3, 0.4) is 0 Å². The Morgan fingerprint density at radius 3 is 2.67 bits per heavy atom. The van der Waals surface area contributed by atoms with Gasteiger partial charge in [-0.1, -0.05) is 0 Å². The Bertz CT molecular complexity index is 126. The molecule has 0 aromatic carbocycles. The highest BCUT2D eigenvalue weighted by Crippen LogP contribution is 2.23. The number of carboxylic acids is 1. The molecule has 1 heterocycles. The highest BCUT2D eigenvalue weighted by Gasteiger charge is 2.29. The van der Waals surface area contributed by atoms with Crippen LogP contribution in [-0.4, -0.2) is 33.7 Å². The van der Waals surface area contributed by atoms with Gasteiger partial charge in [0.1, 0.15) is 0 Å². The van der Waals surface area contributed by atoms with E-state index in [1.54, 1.807) is 0 Å². The first-order valence-corrected chi connectivity index (χ1v) is 3.43. The number of aliphatic hydroxyl groups excluding tert-OH is 1. The molecule has 9 heavy (non-hydrogen) atoms. The molecule has 1 fully saturated rings. The van der Waals surface area contributed by atoms with Gasteiger partial charge >= 0.3 is 5.97 Å². The Hall–Kier alpha value is -0.260. The fraction of sp³-hybridized carbons (Fsp3) is 0.750. The lowest BCUT2D eigenvalue weighted by molar-refractivity contribution is -0.154. The van der Waals surface area contributed by atoms with E-state index < -0.39 is 17.7 Å². The van der Waals surface area contributed by atoms with Crippen LogP contribution < -0.4 is 0 Å². The van der Waals surface area contributed by atoms with Crippen molar-refractivity contribution >= 4 is 17.7 Å². The summed E-state index contributed by atoms with van der Waals surface area (Å²) in [6, 6.07) is 0. The van der Waals surface area contributed by atoms with E-state index in [-0.39, 0.29) is 0 Å². The highest BCUT2D eigenvalue weighted by atomic mass is 32.2. The van der Waals surface area contributed by atoms with Crippen molar-refractivity contribution in [1.29, 1.82) is 0 Å². The second kappa shape index (κ2) is 2.55. The van der Waals surface area contributed by atoms with Crippen molar-refractivity contribution in [2.24, 2.45) is 0 Å². The first-order chi connectivity index (χ1) is 4.20. The molecule has 5 heteroatoms. The largest absolute Gasteiger partial charge is 0.479 e. The molecule has 1 aliphatic heterocycles. The minimum atomic E-state index is -1.03. The third-order valence-corrected chi connectivity index (χ3v) is 1.97. The zero-order valence-electron chi connectivity index (χ0n) is 4.48. The first kappa shape index (κ1) is 6.85. The molecule has 2 atom stereocenters. The van der Waals surface area contributed by atoms with Crippen LogP contribution in [0, 0.1) is 0 Å². The van der Waals surface area contributed by atoms with Gasteiger partial charge in [0, 0.05) is 5.75 Å². The minimum absolute atomic E-state index is 0.344. The topological polar surface area (TPSA) is 66.8 Å². The number of thioether (sulfide) groups is 1. The summed E-state index contributed by atoms with van der Waals surface area (Å²) in [5.41, 5.74) is -0.875. The molecule has 0 aromatic rings. The lowest BCUT2D eigenvalue weighted by Crippen LogP contribution is -2.18. The number of aliphatic carboxylic acids is 1. The SMILES string of the molecule is O=C(O)[C@H]1O[C@@H](O)CS1. The highest BCUT2D eigenvalue weighted by molar-refractivity contribution is 8.00. The third kappa shape index (κ3) is 1.57. The van der Waals surface area contributed by atoms with E-state index >= 15 is 0 Å². The molecule has 0 radical (unpaired) electrons. The van der Waals surface area contributed by atoms with Gasteiger partial charge in [-0.05, 0) is 0 Å². The molecule has 0 aromatic heterocycles. The van der Waals surface area contributed by atoms with E-state index in [1.807, 2.05) is 0 Å². The number of hydrogen-bond acceptors (Lipinski definition) is 4. The molecule has 1 aliphatic rings. The van der Waals surface area contributed by atoms with Crippen LogP contribution in [0.15, 0.2) is 0 Å². The van der Waals surface area contributed by atoms with Crippen molar-refractivity contribution in [3.8, 4) is 0 Å². The predicted octanol–water partition coefficient (Wildman–Crippen LogP) is -0.521. The lowest BCUT2D eigenvalue weighted by Gasteiger charge is -2.01. The Morgan fingerprint density at radius 2 is 2.44 bits per heavy atom. The zero-order valence-corrected chi connectivity index (χ0v) is 5.30. The van der Waals surface area contributed by atoms with Gasteiger partial charge in [0.25, 0.3) is 0 Å². The van der Waals surface area contributed by atoms with Crippen molar-refractivity contribution in [1.82, 2.24) is 0 Å². The molecule has 0 bridgehead atoms. The fourth-order valence-electron chi connectivity index (χ4n) is 0.520. The maximum Gasteiger partial charge on any atom is 0.343 e. The average Bonchev–Trinajstić information content (AvgIpc) is 2.14. The molecule has 0 amide bonds. The van der Waals surface area contributed by atoms with Crippen LogP contribution in [0.25, 0.3) is 0 Å². The molecule has 0 unspecified atom stereocenters.